The van der Waals surface area contributed by atoms with Crippen molar-refractivity contribution in [3.63, 3.8) is 0 Å². The largest absolute Gasteiger partial charge is 0.394 e. The number of carbonyl (C=O) groups is 2. The van der Waals surface area contributed by atoms with Gasteiger partial charge in [-0.1, -0.05) is 23.7 Å². The number of nitrogens with one attached hydrogen (secondary N) is 2. The minimum atomic E-state index is -1.10. The number of amides is 2. The third-order valence-electron chi connectivity index (χ3n) is 6.79. The standard InChI is InChI=1S/C27H28ClFN10O3/c1-14(25(41)32-20(13-40)24-19(29)7-8-22(34-24)37(2)3)39-12-16-6-5-15(9-17(16)26(39)42)23-18(28)10-30-27(35-23)33-21-11-31-38(4)36-21/h5-11,14,20,40H,12-13H2,1-4H3,(H,32,41)(H,30,33,35,36)/t14-,20-/m1/s1. The summed E-state index contributed by atoms with van der Waals surface area (Å²) in [5, 5.41) is 24.0. The van der Waals surface area contributed by atoms with Crippen LogP contribution in [0.5, 0.6) is 0 Å². The van der Waals surface area contributed by atoms with Gasteiger partial charge >= 0.3 is 0 Å². The molecule has 0 aliphatic carbocycles. The van der Waals surface area contributed by atoms with E-state index in [-0.39, 0.29) is 29.1 Å². The molecule has 3 N–H and O–H groups in total. The normalized spacial score (nSPS) is 14.0. The van der Waals surface area contributed by atoms with Crippen LogP contribution in [0, 0.1) is 5.82 Å². The second-order valence-corrected chi connectivity index (χ2v) is 10.3. The molecule has 0 fully saturated rings. The van der Waals surface area contributed by atoms with E-state index in [2.05, 4.69) is 35.8 Å². The molecule has 15 heteroatoms. The van der Waals surface area contributed by atoms with Gasteiger partial charge in [0.1, 0.15) is 23.4 Å². The molecule has 2 amide bonds. The molecule has 1 aliphatic rings. The van der Waals surface area contributed by atoms with Gasteiger partial charge in [0.2, 0.25) is 11.9 Å². The molecule has 4 aromatic rings. The lowest BCUT2D eigenvalue weighted by molar-refractivity contribution is -0.126. The number of hydrogen-bond acceptors (Lipinski definition) is 10. The summed E-state index contributed by atoms with van der Waals surface area (Å²) in [6.45, 7) is 1.18. The molecule has 0 unspecified atom stereocenters. The Labute approximate surface area is 245 Å². The predicted octanol–water partition coefficient (Wildman–Crippen LogP) is 2.46. The first-order valence-corrected chi connectivity index (χ1v) is 13.3. The molecule has 42 heavy (non-hydrogen) atoms. The molecular formula is C27H28ClFN10O3. The third-order valence-corrected chi connectivity index (χ3v) is 7.07. The van der Waals surface area contributed by atoms with Crippen LogP contribution in [-0.4, -0.2) is 78.5 Å². The Morgan fingerprint density at radius 3 is 2.69 bits per heavy atom. The molecule has 218 valence electrons. The molecular weight excluding hydrogens is 567 g/mol. The van der Waals surface area contributed by atoms with Gasteiger partial charge in [0.15, 0.2) is 5.82 Å². The van der Waals surface area contributed by atoms with Crippen LogP contribution in [0.3, 0.4) is 0 Å². The Bertz CT molecular complexity index is 1660. The number of aliphatic hydroxyl groups excluding tert-OH is 1. The second kappa shape index (κ2) is 11.7. The maximum absolute atomic E-state index is 14.6. The highest BCUT2D eigenvalue weighted by Crippen LogP contribution is 2.32. The average Bonchev–Trinajstić information content (AvgIpc) is 3.53. The number of halogens is 2. The number of rotatable bonds is 9. The molecule has 5 rings (SSSR count). The summed E-state index contributed by atoms with van der Waals surface area (Å²) in [5.74, 6) is -0.432. The lowest BCUT2D eigenvalue weighted by atomic mass is 10.0. The Hall–Kier alpha value is -4.69. The van der Waals surface area contributed by atoms with Crippen molar-refractivity contribution in [1.29, 1.82) is 0 Å². The van der Waals surface area contributed by atoms with Crippen molar-refractivity contribution < 1.29 is 19.1 Å². The minimum Gasteiger partial charge on any atom is -0.394 e. The summed E-state index contributed by atoms with van der Waals surface area (Å²) in [7, 11) is 5.17. The van der Waals surface area contributed by atoms with Gasteiger partial charge < -0.3 is 25.5 Å². The zero-order valence-electron chi connectivity index (χ0n) is 23.2. The molecule has 2 atom stereocenters. The number of nitrogens with zero attached hydrogens (tertiary/aromatic N) is 8. The maximum Gasteiger partial charge on any atom is 0.255 e. The summed E-state index contributed by atoms with van der Waals surface area (Å²) in [6.07, 6.45) is 2.97. The number of pyridine rings is 1. The summed E-state index contributed by atoms with van der Waals surface area (Å²) in [6, 6.07) is 5.94. The fraction of sp³-hybridized carbons (Fsp3) is 0.296. The van der Waals surface area contributed by atoms with Crippen molar-refractivity contribution in [2.45, 2.75) is 25.6 Å². The number of anilines is 3. The first-order valence-electron chi connectivity index (χ1n) is 12.9. The molecule has 0 bridgehead atoms. The van der Waals surface area contributed by atoms with E-state index in [4.69, 9.17) is 11.6 Å². The fourth-order valence-electron chi connectivity index (χ4n) is 4.51. The first kappa shape index (κ1) is 28.8. The molecule has 0 saturated carbocycles. The van der Waals surface area contributed by atoms with Crippen LogP contribution in [0.25, 0.3) is 11.3 Å². The molecule has 0 radical (unpaired) electrons. The van der Waals surface area contributed by atoms with Crippen LogP contribution in [0.1, 0.15) is 34.6 Å². The first-order chi connectivity index (χ1) is 20.0. The number of benzene rings is 1. The van der Waals surface area contributed by atoms with Gasteiger partial charge in [0, 0.05) is 38.8 Å². The van der Waals surface area contributed by atoms with Crippen LogP contribution >= 0.6 is 11.6 Å². The number of hydrogen-bond donors (Lipinski definition) is 3. The van der Waals surface area contributed by atoms with Crippen LogP contribution < -0.4 is 15.5 Å². The van der Waals surface area contributed by atoms with E-state index in [9.17, 15) is 19.1 Å². The SMILES string of the molecule is C[C@H](C(=O)N[C@H](CO)c1nc(N(C)C)ccc1F)N1Cc2ccc(-c3nc(Nc4cnn(C)n4)ncc3Cl)cc2C1=O. The van der Waals surface area contributed by atoms with E-state index in [1.165, 1.54) is 34.2 Å². The van der Waals surface area contributed by atoms with Gasteiger partial charge in [0.05, 0.1) is 35.8 Å². The summed E-state index contributed by atoms with van der Waals surface area (Å²) < 4.78 is 14.6. The number of aromatic nitrogens is 6. The van der Waals surface area contributed by atoms with Gasteiger partial charge in [-0.2, -0.15) is 9.90 Å². The molecule has 3 aromatic heterocycles. The summed E-state index contributed by atoms with van der Waals surface area (Å²) >= 11 is 6.41. The van der Waals surface area contributed by atoms with E-state index in [0.29, 0.717) is 28.5 Å². The second-order valence-electron chi connectivity index (χ2n) is 9.89. The lowest BCUT2D eigenvalue weighted by Crippen LogP contribution is -2.47. The van der Waals surface area contributed by atoms with Crippen molar-refractivity contribution in [1.82, 2.24) is 40.2 Å². The van der Waals surface area contributed by atoms with Crippen molar-refractivity contribution in [2.24, 2.45) is 7.05 Å². The van der Waals surface area contributed by atoms with Gasteiger partial charge in [0.25, 0.3) is 5.91 Å². The van der Waals surface area contributed by atoms with E-state index in [1.54, 1.807) is 51.2 Å². The highest BCUT2D eigenvalue weighted by atomic mass is 35.5. The van der Waals surface area contributed by atoms with Crippen molar-refractivity contribution in [3.05, 3.63) is 70.4 Å². The lowest BCUT2D eigenvalue weighted by Gasteiger charge is -2.26. The Kier molecular flexibility index (Phi) is 8.00. The van der Waals surface area contributed by atoms with Gasteiger partial charge in [-0.05, 0) is 30.7 Å². The average molecular weight is 595 g/mol. The van der Waals surface area contributed by atoms with Crippen molar-refractivity contribution in [3.8, 4) is 11.3 Å². The molecule has 4 heterocycles. The van der Waals surface area contributed by atoms with Crippen molar-refractivity contribution >= 4 is 41.0 Å². The van der Waals surface area contributed by atoms with Crippen LogP contribution in [0.4, 0.5) is 22.0 Å². The van der Waals surface area contributed by atoms with Crippen LogP contribution in [0.15, 0.2) is 42.7 Å². The van der Waals surface area contributed by atoms with E-state index in [1.807, 2.05) is 0 Å². The Morgan fingerprint density at radius 1 is 1.21 bits per heavy atom. The van der Waals surface area contributed by atoms with E-state index in [0.717, 1.165) is 5.56 Å². The van der Waals surface area contributed by atoms with Gasteiger partial charge in [-0.25, -0.2) is 19.3 Å². The molecule has 1 aromatic carbocycles. The topological polar surface area (TPSA) is 154 Å². The van der Waals surface area contributed by atoms with Crippen molar-refractivity contribution in [2.75, 3.05) is 30.9 Å². The fourth-order valence-corrected chi connectivity index (χ4v) is 4.71. The maximum atomic E-state index is 14.6. The van der Waals surface area contributed by atoms with E-state index >= 15 is 0 Å². The third kappa shape index (κ3) is 5.71. The number of aliphatic hydroxyl groups is 1. The van der Waals surface area contributed by atoms with Gasteiger partial charge in [-0.15, -0.1) is 5.10 Å². The minimum absolute atomic E-state index is 0.0974. The highest BCUT2D eigenvalue weighted by Gasteiger charge is 2.35. The molecule has 1 aliphatic heterocycles. The Morgan fingerprint density at radius 2 is 2.00 bits per heavy atom. The molecule has 13 nitrogen and oxygen atoms in total. The summed E-state index contributed by atoms with van der Waals surface area (Å²) in [5.41, 5.74) is 2.00. The van der Waals surface area contributed by atoms with Gasteiger partial charge in [-0.3, -0.25) is 9.59 Å². The zero-order valence-corrected chi connectivity index (χ0v) is 24.0. The number of fused-ring (bicyclic) bond motifs is 1. The molecule has 0 spiro atoms. The highest BCUT2D eigenvalue weighted by molar-refractivity contribution is 6.33. The number of aryl methyl sites for hydroxylation is 1. The smallest absolute Gasteiger partial charge is 0.255 e. The quantitative estimate of drug-likeness (QED) is 0.263. The molecule has 0 saturated heterocycles. The Balaban J connectivity index is 1.33. The summed E-state index contributed by atoms with van der Waals surface area (Å²) in [4.78, 5) is 44.0. The van der Waals surface area contributed by atoms with Crippen LogP contribution in [-0.2, 0) is 18.4 Å². The number of carbonyl (C=O) groups excluding carboxylic acids is 2. The van der Waals surface area contributed by atoms with Crippen LogP contribution in [0.2, 0.25) is 5.02 Å². The zero-order chi connectivity index (χ0) is 30.1. The predicted molar refractivity (Wildman–Crippen MR) is 153 cm³/mol. The van der Waals surface area contributed by atoms with E-state index < -0.39 is 30.4 Å². The monoisotopic (exact) mass is 594 g/mol.